The number of carboxylic acids is 1. The normalized spacial score (nSPS) is 11.3. The molecule has 0 radical (unpaired) electrons. The Labute approximate surface area is 167 Å². The van der Waals surface area contributed by atoms with E-state index in [0.29, 0.717) is 22.4 Å². The molecule has 29 heavy (non-hydrogen) atoms. The van der Waals surface area contributed by atoms with Crippen molar-refractivity contribution < 1.29 is 24.2 Å². The van der Waals surface area contributed by atoms with Crippen molar-refractivity contribution in [1.82, 2.24) is 5.32 Å². The number of benzene rings is 3. The van der Waals surface area contributed by atoms with Crippen molar-refractivity contribution in [3.05, 3.63) is 102 Å². The van der Waals surface area contributed by atoms with Crippen LogP contribution in [0, 0.1) is 0 Å². The van der Waals surface area contributed by atoms with E-state index in [9.17, 15) is 19.5 Å². The number of nitrogens with one attached hydrogen (secondary N) is 1. The van der Waals surface area contributed by atoms with Gasteiger partial charge in [-0.1, -0.05) is 48.5 Å². The van der Waals surface area contributed by atoms with Gasteiger partial charge in [0.05, 0.1) is 5.56 Å². The Morgan fingerprint density at radius 1 is 0.793 bits per heavy atom. The monoisotopic (exact) mass is 389 g/mol. The number of carboxylic acid groups (broad SMARTS) is 1. The molecule has 0 fully saturated rings. The highest BCUT2D eigenvalue weighted by atomic mass is 16.5. The fourth-order valence-corrected chi connectivity index (χ4v) is 2.70. The highest BCUT2D eigenvalue weighted by molar-refractivity contribution is 5.96. The number of amides is 1. The largest absolute Gasteiger partial charge is 0.480 e. The fraction of sp³-hybridized carbons (Fsp3) is 0.0870. The van der Waals surface area contributed by atoms with Gasteiger partial charge in [0, 0.05) is 12.0 Å². The molecule has 6 nitrogen and oxygen atoms in total. The van der Waals surface area contributed by atoms with Crippen LogP contribution in [0.25, 0.3) is 0 Å². The maximum Gasteiger partial charge on any atom is 0.343 e. The third kappa shape index (κ3) is 5.52. The molecule has 0 saturated heterocycles. The third-order valence-electron chi connectivity index (χ3n) is 4.22. The maximum absolute atomic E-state index is 12.2. The van der Waals surface area contributed by atoms with Crippen LogP contribution in [0.4, 0.5) is 0 Å². The molecule has 0 heterocycles. The molecule has 0 saturated carbocycles. The van der Waals surface area contributed by atoms with E-state index in [0.717, 1.165) is 0 Å². The van der Waals surface area contributed by atoms with E-state index in [1.54, 1.807) is 84.9 Å². The Hall–Kier alpha value is -3.93. The van der Waals surface area contributed by atoms with Crippen LogP contribution in [-0.4, -0.2) is 29.0 Å². The van der Waals surface area contributed by atoms with Crippen LogP contribution < -0.4 is 10.1 Å². The Kier molecular flexibility index (Phi) is 6.37. The summed E-state index contributed by atoms with van der Waals surface area (Å²) in [6.07, 6.45) is 0.0980. The minimum atomic E-state index is -1.13. The SMILES string of the molecule is O=C(NC(Cc1ccc(OC(=O)c2ccccc2)cc1)C(=O)O)c1ccccc1. The second-order valence-electron chi connectivity index (χ2n) is 6.33. The van der Waals surface area contributed by atoms with Crippen LogP contribution in [0.3, 0.4) is 0 Å². The third-order valence-corrected chi connectivity index (χ3v) is 4.22. The lowest BCUT2D eigenvalue weighted by atomic mass is 10.1. The number of hydrogen-bond donors (Lipinski definition) is 2. The van der Waals surface area contributed by atoms with Gasteiger partial charge >= 0.3 is 11.9 Å². The average Bonchev–Trinajstić information content (AvgIpc) is 2.75. The number of hydrogen-bond acceptors (Lipinski definition) is 4. The number of aliphatic carboxylic acids is 1. The van der Waals surface area contributed by atoms with Gasteiger partial charge in [0.25, 0.3) is 5.91 Å². The minimum absolute atomic E-state index is 0.0980. The molecule has 2 N–H and O–H groups in total. The van der Waals surface area contributed by atoms with Gasteiger partial charge in [-0.05, 0) is 42.0 Å². The first-order valence-electron chi connectivity index (χ1n) is 8.98. The highest BCUT2D eigenvalue weighted by Crippen LogP contribution is 2.16. The lowest BCUT2D eigenvalue weighted by Gasteiger charge is -2.15. The smallest absolute Gasteiger partial charge is 0.343 e. The molecule has 146 valence electrons. The Balaban J connectivity index is 1.63. The van der Waals surface area contributed by atoms with Crippen molar-refractivity contribution in [2.45, 2.75) is 12.5 Å². The Bertz CT molecular complexity index is 985. The van der Waals surface area contributed by atoms with Crippen molar-refractivity contribution in [1.29, 1.82) is 0 Å². The highest BCUT2D eigenvalue weighted by Gasteiger charge is 2.21. The summed E-state index contributed by atoms with van der Waals surface area (Å²) in [6.45, 7) is 0. The number of ether oxygens (including phenoxy) is 1. The van der Waals surface area contributed by atoms with Crippen molar-refractivity contribution in [3.8, 4) is 5.75 Å². The van der Waals surface area contributed by atoms with E-state index in [-0.39, 0.29) is 6.42 Å². The summed E-state index contributed by atoms with van der Waals surface area (Å²) in [5.74, 6) is -1.71. The van der Waals surface area contributed by atoms with Gasteiger partial charge in [-0.25, -0.2) is 9.59 Å². The molecule has 0 aliphatic heterocycles. The van der Waals surface area contributed by atoms with Gasteiger partial charge < -0.3 is 15.2 Å². The van der Waals surface area contributed by atoms with Crippen molar-refractivity contribution in [2.24, 2.45) is 0 Å². The number of carbonyl (C=O) groups is 3. The molecule has 1 amide bonds. The first kappa shape index (κ1) is 19.8. The molecular formula is C23H19NO5. The summed E-state index contributed by atoms with van der Waals surface area (Å²) < 4.78 is 5.31. The summed E-state index contributed by atoms with van der Waals surface area (Å²) in [6, 6.07) is 22.5. The van der Waals surface area contributed by atoms with Gasteiger partial charge in [-0.3, -0.25) is 4.79 Å². The summed E-state index contributed by atoms with van der Waals surface area (Å²) >= 11 is 0. The second-order valence-corrected chi connectivity index (χ2v) is 6.33. The zero-order chi connectivity index (χ0) is 20.6. The summed E-state index contributed by atoms with van der Waals surface area (Å²) in [5, 5.41) is 12.0. The zero-order valence-corrected chi connectivity index (χ0v) is 15.4. The lowest BCUT2D eigenvalue weighted by Crippen LogP contribution is -2.42. The maximum atomic E-state index is 12.2. The van der Waals surface area contributed by atoms with E-state index in [4.69, 9.17) is 4.74 Å². The van der Waals surface area contributed by atoms with E-state index in [1.807, 2.05) is 0 Å². The molecule has 0 bridgehead atoms. The van der Waals surface area contributed by atoms with Crippen LogP contribution in [-0.2, 0) is 11.2 Å². The molecule has 6 heteroatoms. The summed E-state index contributed by atoms with van der Waals surface area (Å²) in [5.41, 5.74) is 1.51. The Morgan fingerprint density at radius 3 is 1.90 bits per heavy atom. The van der Waals surface area contributed by atoms with E-state index in [1.165, 1.54) is 0 Å². The summed E-state index contributed by atoms with van der Waals surface area (Å²) in [4.78, 5) is 35.9. The minimum Gasteiger partial charge on any atom is -0.480 e. The van der Waals surface area contributed by atoms with E-state index in [2.05, 4.69) is 5.32 Å². The van der Waals surface area contributed by atoms with Crippen molar-refractivity contribution in [3.63, 3.8) is 0 Å². The average molecular weight is 389 g/mol. The van der Waals surface area contributed by atoms with Crippen LogP contribution in [0.2, 0.25) is 0 Å². The quantitative estimate of drug-likeness (QED) is 0.478. The fourth-order valence-electron chi connectivity index (χ4n) is 2.70. The van der Waals surface area contributed by atoms with Crippen LogP contribution in [0.1, 0.15) is 26.3 Å². The van der Waals surface area contributed by atoms with Crippen LogP contribution in [0.5, 0.6) is 5.75 Å². The lowest BCUT2D eigenvalue weighted by molar-refractivity contribution is -0.139. The zero-order valence-electron chi connectivity index (χ0n) is 15.4. The molecule has 3 aromatic rings. The molecular weight excluding hydrogens is 370 g/mol. The number of carbonyl (C=O) groups excluding carboxylic acids is 2. The molecule has 0 spiro atoms. The van der Waals surface area contributed by atoms with Gasteiger partial charge in [-0.2, -0.15) is 0 Å². The second kappa shape index (κ2) is 9.32. The van der Waals surface area contributed by atoms with E-state index >= 15 is 0 Å². The molecule has 3 aromatic carbocycles. The van der Waals surface area contributed by atoms with Crippen LogP contribution in [0.15, 0.2) is 84.9 Å². The van der Waals surface area contributed by atoms with Crippen molar-refractivity contribution in [2.75, 3.05) is 0 Å². The Morgan fingerprint density at radius 2 is 1.34 bits per heavy atom. The molecule has 0 aliphatic rings. The van der Waals surface area contributed by atoms with Gasteiger partial charge in [-0.15, -0.1) is 0 Å². The van der Waals surface area contributed by atoms with Gasteiger partial charge in [0.1, 0.15) is 11.8 Å². The van der Waals surface area contributed by atoms with Gasteiger partial charge in [0.2, 0.25) is 0 Å². The first-order valence-corrected chi connectivity index (χ1v) is 8.98. The molecule has 0 aliphatic carbocycles. The predicted molar refractivity (Wildman–Crippen MR) is 107 cm³/mol. The van der Waals surface area contributed by atoms with Crippen LogP contribution >= 0.6 is 0 Å². The molecule has 1 atom stereocenters. The number of rotatable bonds is 7. The summed E-state index contributed by atoms with van der Waals surface area (Å²) in [7, 11) is 0. The standard InChI is InChI=1S/C23H19NO5/c25-21(17-7-3-1-4-8-17)24-20(22(26)27)15-16-11-13-19(14-12-16)29-23(28)18-9-5-2-6-10-18/h1-14,20H,15H2,(H,24,25)(H,26,27). The van der Waals surface area contributed by atoms with Gasteiger partial charge in [0.15, 0.2) is 0 Å². The molecule has 1 unspecified atom stereocenters. The van der Waals surface area contributed by atoms with E-state index < -0.39 is 23.9 Å². The molecule has 3 rings (SSSR count). The first-order chi connectivity index (χ1) is 14.0. The molecule has 0 aromatic heterocycles. The topological polar surface area (TPSA) is 92.7 Å². The number of esters is 1. The predicted octanol–water partition coefficient (Wildman–Crippen LogP) is 3.33. The van der Waals surface area contributed by atoms with Crippen molar-refractivity contribution >= 4 is 17.8 Å².